The molecule has 1 aliphatic rings. The van der Waals surface area contributed by atoms with E-state index in [2.05, 4.69) is 17.1 Å². The Morgan fingerprint density at radius 1 is 1.14 bits per heavy atom. The van der Waals surface area contributed by atoms with E-state index in [0.29, 0.717) is 19.6 Å². The molecule has 0 aromatic heterocycles. The van der Waals surface area contributed by atoms with Gasteiger partial charge in [-0.1, -0.05) is 13.3 Å². The minimum absolute atomic E-state index is 0.0885. The molecule has 22 heavy (non-hydrogen) atoms. The molecule has 0 unspecified atom stereocenters. The molecule has 0 aliphatic carbocycles. The number of hydrogen-bond donors (Lipinski definition) is 1. The van der Waals surface area contributed by atoms with Gasteiger partial charge in [0, 0.05) is 45.3 Å². The third-order valence-electron chi connectivity index (χ3n) is 4.07. The van der Waals surface area contributed by atoms with Crippen LogP contribution in [0, 0.1) is 0 Å². The van der Waals surface area contributed by atoms with Crippen molar-refractivity contribution in [1.29, 1.82) is 0 Å². The first-order chi connectivity index (χ1) is 10.5. The van der Waals surface area contributed by atoms with E-state index in [0.717, 1.165) is 39.0 Å². The van der Waals surface area contributed by atoms with Gasteiger partial charge in [0.25, 0.3) is 0 Å². The van der Waals surface area contributed by atoms with Crippen LogP contribution in [0.2, 0.25) is 0 Å². The van der Waals surface area contributed by atoms with E-state index in [1.807, 2.05) is 30.6 Å². The highest BCUT2D eigenvalue weighted by Gasteiger charge is 2.26. The lowest BCUT2D eigenvalue weighted by Crippen LogP contribution is -2.55. The minimum atomic E-state index is 0.0885. The fraction of sp³-hybridized carbons (Fsp3) is 0.875. The molecule has 0 aromatic carbocycles. The van der Waals surface area contributed by atoms with Gasteiger partial charge in [-0.25, -0.2) is 4.79 Å². The van der Waals surface area contributed by atoms with Crippen LogP contribution >= 0.6 is 0 Å². The maximum atomic E-state index is 12.4. The second kappa shape index (κ2) is 9.66. The molecule has 1 aliphatic heterocycles. The molecular weight excluding hydrogens is 280 g/mol. The summed E-state index contributed by atoms with van der Waals surface area (Å²) in [5.74, 6) is 0.0885. The first-order valence-electron chi connectivity index (χ1n) is 8.54. The number of unbranched alkanes of at least 4 members (excludes halogenated alkanes) is 1. The Labute approximate surface area is 134 Å². The number of rotatable bonds is 7. The molecule has 3 amide bonds. The molecule has 6 nitrogen and oxygen atoms in total. The van der Waals surface area contributed by atoms with Gasteiger partial charge in [-0.15, -0.1) is 0 Å². The van der Waals surface area contributed by atoms with Crippen LogP contribution in [0.4, 0.5) is 4.79 Å². The van der Waals surface area contributed by atoms with Crippen LogP contribution in [0.1, 0.15) is 40.5 Å². The monoisotopic (exact) mass is 312 g/mol. The summed E-state index contributed by atoms with van der Waals surface area (Å²) in [4.78, 5) is 30.1. The second-order valence-corrected chi connectivity index (χ2v) is 6.13. The molecule has 0 saturated carbocycles. The summed E-state index contributed by atoms with van der Waals surface area (Å²) in [7, 11) is 0. The largest absolute Gasteiger partial charge is 0.355 e. The molecule has 128 valence electrons. The molecule has 1 fully saturated rings. The van der Waals surface area contributed by atoms with Crippen molar-refractivity contribution in [2.75, 3.05) is 45.8 Å². The van der Waals surface area contributed by atoms with Crippen molar-refractivity contribution in [2.45, 2.75) is 46.6 Å². The number of nitrogens with zero attached hydrogens (tertiary/aromatic N) is 3. The average Bonchev–Trinajstić information content (AvgIpc) is 2.48. The van der Waals surface area contributed by atoms with Gasteiger partial charge in [0.15, 0.2) is 0 Å². The SMILES string of the molecule is CCCCNC(=O)CN1CCN(C(=O)N(CC)C(C)C)CC1. The lowest BCUT2D eigenvalue weighted by Gasteiger charge is -2.38. The first kappa shape index (κ1) is 18.7. The van der Waals surface area contributed by atoms with E-state index in [9.17, 15) is 9.59 Å². The maximum absolute atomic E-state index is 12.4. The van der Waals surface area contributed by atoms with Crippen molar-refractivity contribution in [1.82, 2.24) is 20.0 Å². The highest BCUT2D eigenvalue weighted by molar-refractivity contribution is 5.78. The molecular formula is C16H32N4O2. The number of hydrogen-bond acceptors (Lipinski definition) is 3. The molecule has 1 heterocycles. The van der Waals surface area contributed by atoms with Crippen molar-refractivity contribution >= 4 is 11.9 Å². The number of carbonyl (C=O) groups excluding carboxylic acids is 2. The Kier molecular flexibility index (Phi) is 8.24. The van der Waals surface area contributed by atoms with Crippen LogP contribution in [0.15, 0.2) is 0 Å². The smallest absolute Gasteiger partial charge is 0.320 e. The number of nitrogens with one attached hydrogen (secondary N) is 1. The van der Waals surface area contributed by atoms with E-state index in [1.165, 1.54) is 0 Å². The lowest BCUT2D eigenvalue weighted by atomic mass is 10.3. The summed E-state index contributed by atoms with van der Waals surface area (Å²) in [6.07, 6.45) is 2.11. The molecule has 0 radical (unpaired) electrons. The molecule has 0 atom stereocenters. The van der Waals surface area contributed by atoms with Crippen LogP contribution in [0.5, 0.6) is 0 Å². The van der Waals surface area contributed by atoms with E-state index in [1.54, 1.807) is 0 Å². The van der Waals surface area contributed by atoms with E-state index in [-0.39, 0.29) is 18.0 Å². The van der Waals surface area contributed by atoms with Gasteiger partial charge in [-0.05, 0) is 27.2 Å². The maximum Gasteiger partial charge on any atom is 0.320 e. The topological polar surface area (TPSA) is 55.9 Å². The van der Waals surface area contributed by atoms with E-state index in [4.69, 9.17) is 0 Å². The van der Waals surface area contributed by atoms with Crippen LogP contribution in [-0.2, 0) is 4.79 Å². The molecule has 1 rings (SSSR count). The predicted octanol–water partition coefficient (Wildman–Crippen LogP) is 1.37. The van der Waals surface area contributed by atoms with Gasteiger partial charge in [0.1, 0.15) is 0 Å². The summed E-state index contributed by atoms with van der Waals surface area (Å²) in [5.41, 5.74) is 0. The Balaban J connectivity index is 2.33. The van der Waals surface area contributed by atoms with E-state index >= 15 is 0 Å². The molecule has 0 spiro atoms. The summed E-state index contributed by atoms with van der Waals surface area (Å²) in [6, 6.07) is 0.337. The van der Waals surface area contributed by atoms with Crippen molar-refractivity contribution in [3.63, 3.8) is 0 Å². The van der Waals surface area contributed by atoms with Gasteiger partial charge in [0.05, 0.1) is 6.54 Å². The van der Waals surface area contributed by atoms with Crippen molar-refractivity contribution < 1.29 is 9.59 Å². The highest BCUT2D eigenvalue weighted by Crippen LogP contribution is 2.08. The Bertz CT molecular complexity index is 352. The minimum Gasteiger partial charge on any atom is -0.355 e. The van der Waals surface area contributed by atoms with Crippen molar-refractivity contribution in [3.05, 3.63) is 0 Å². The van der Waals surface area contributed by atoms with Crippen molar-refractivity contribution in [2.24, 2.45) is 0 Å². The third kappa shape index (κ3) is 5.83. The van der Waals surface area contributed by atoms with Gasteiger partial charge in [-0.2, -0.15) is 0 Å². The Hall–Kier alpha value is -1.30. The molecule has 0 bridgehead atoms. The highest BCUT2D eigenvalue weighted by atomic mass is 16.2. The third-order valence-corrected chi connectivity index (χ3v) is 4.07. The van der Waals surface area contributed by atoms with Gasteiger partial charge >= 0.3 is 6.03 Å². The van der Waals surface area contributed by atoms with Crippen LogP contribution in [0.3, 0.4) is 0 Å². The van der Waals surface area contributed by atoms with E-state index < -0.39 is 0 Å². The van der Waals surface area contributed by atoms with Gasteiger partial charge in [-0.3, -0.25) is 9.69 Å². The lowest BCUT2D eigenvalue weighted by molar-refractivity contribution is -0.122. The summed E-state index contributed by atoms with van der Waals surface area (Å²) in [6.45, 7) is 13.1. The van der Waals surface area contributed by atoms with Crippen LogP contribution < -0.4 is 5.32 Å². The molecule has 0 aromatic rings. The van der Waals surface area contributed by atoms with Gasteiger partial charge in [0.2, 0.25) is 5.91 Å². The Morgan fingerprint density at radius 3 is 2.27 bits per heavy atom. The number of amides is 3. The second-order valence-electron chi connectivity index (χ2n) is 6.13. The van der Waals surface area contributed by atoms with Crippen LogP contribution in [-0.4, -0.2) is 78.5 Å². The average molecular weight is 312 g/mol. The zero-order chi connectivity index (χ0) is 16.5. The summed E-state index contributed by atoms with van der Waals surface area (Å²) in [5, 5.41) is 2.94. The molecule has 6 heteroatoms. The standard InChI is InChI=1S/C16H32N4O2/c1-5-7-8-17-15(21)13-18-9-11-19(12-10-18)16(22)20(6-2)14(3)4/h14H,5-13H2,1-4H3,(H,17,21). The number of urea groups is 1. The first-order valence-corrected chi connectivity index (χ1v) is 8.54. The molecule has 1 N–H and O–H groups in total. The predicted molar refractivity (Wildman–Crippen MR) is 88.8 cm³/mol. The number of piperazine rings is 1. The zero-order valence-electron chi connectivity index (χ0n) is 14.6. The zero-order valence-corrected chi connectivity index (χ0v) is 14.6. The fourth-order valence-corrected chi connectivity index (χ4v) is 2.66. The van der Waals surface area contributed by atoms with Gasteiger partial charge < -0.3 is 15.1 Å². The normalized spacial score (nSPS) is 16.0. The Morgan fingerprint density at radius 2 is 1.77 bits per heavy atom. The number of carbonyl (C=O) groups is 2. The van der Waals surface area contributed by atoms with Crippen molar-refractivity contribution in [3.8, 4) is 0 Å². The summed E-state index contributed by atoms with van der Waals surface area (Å²) < 4.78 is 0. The quantitative estimate of drug-likeness (QED) is 0.722. The van der Waals surface area contributed by atoms with Crippen LogP contribution in [0.25, 0.3) is 0 Å². The summed E-state index contributed by atoms with van der Waals surface area (Å²) >= 11 is 0. The molecule has 1 saturated heterocycles. The fourth-order valence-electron chi connectivity index (χ4n) is 2.66.